The van der Waals surface area contributed by atoms with E-state index in [2.05, 4.69) is 44.8 Å². The molecule has 1 aromatic heterocycles. The summed E-state index contributed by atoms with van der Waals surface area (Å²) in [6, 6.07) is 4.30. The third-order valence-electron chi connectivity index (χ3n) is 3.59. The predicted octanol–water partition coefficient (Wildman–Crippen LogP) is 2.72. The lowest BCUT2D eigenvalue weighted by Gasteiger charge is -2.08. The number of imidazole rings is 1. The van der Waals surface area contributed by atoms with Gasteiger partial charge in [-0.3, -0.25) is 0 Å². The van der Waals surface area contributed by atoms with Gasteiger partial charge in [0.05, 0.1) is 0 Å². The molecule has 2 aromatic rings. The van der Waals surface area contributed by atoms with Crippen LogP contribution in [0.4, 0.5) is 5.82 Å². The second-order valence-electron chi connectivity index (χ2n) is 5.13. The van der Waals surface area contributed by atoms with E-state index >= 15 is 0 Å². The van der Waals surface area contributed by atoms with E-state index in [1.54, 1.807) is 0 Å². The van der Waals surface area contributed by atoms with Crippen LogP contribution in [0, 0.1) is 20.8 Å². The van der Waals surface area contributed by atoms with Crippen LogP contribution in [-0.2, 0) is 6.42 Å². The number of anilines is 1. The standard InChI is InChI=1S/C15H22N4/c1-5-6-13-18-14(15(16)19(13)17)12-8-10(3)9(2)7-11(12)4/h7-8H,5-6,16-17H2,1-4H3. The van der Waals surface area contributed by atoms with Crippen LogP contribution < -0.4 is 11.6 Å². The van der Waals surface area contributed by atoms with E-state index < -0.39 is 0 Å². The fraction of sp³-hybridized carbons (Fsp3) is 0.400. The molecule has 19 heavy (non-hydrogen) atoms. The van der Waals surface area contributed by atoms with Crippen LogP contribution in [-0.4, -0.2) is 9.66 Å². The highest BCUT2D eigenvalue weighted by Crippen LogP contribution is 2.30. The summed E-state index contributed by atoms with van der Waals surface area (Å²) in [5.74, 6) is 7.35. The molecular weight excluding hydrogens is 236 g/mol. The Labute approximate surface area is 114 Å². The monoisotopic (exact) mass is 258 g/mol. The number of nitrogen functional groups attached to an aromatic ring is 2. The molecule has 0 amide bonds. The zero-order valence-corrected chi connectivity index (χ0v) is 12.1. The van der Waals surface area contributed by atoms with Gasteiger partial charge in [-0.25, -0.2) is 9.66 Å². The fourth-order valence-electron chi connectivity index (χ4n) is 2.31. The lowest BCUT2D eigenvalue weighted by atomic mass is 9.99. The fourth-order valence-corrected chi connectivity index (χ4v) is 2.31. The summed E-state index contributed by atoms with van der Waals surface area (Å²) in [6.45, 7) is 8.39. The molecule has 0 bridgehead atoms. The third-order valence-corrected chi connectivity index (χ3v) is 3.59. The second-order valence-corrected chi connectivity index (χ2v) is 5.13. The number of rotatable bonds is 3. The van der Waals surface area contributed by atoms with Gasteiger partial charge in [-0.1, -0.05) is 13.0 Å². The molecule has 1 heterocycles. The van der Waals surface area contributed by atoms with Crippen molar-refractivity contribution in [2.75, 3.05) is 11.6 Å². The molecule has 0 saturated heterocycles. The van der Waals surface area contributed by atoms with Gasteiger partial charge in [-0.05, 0) is 49.9 Å². The maximum absolute atomic E-state index is 6.10. The van der Waals surface area contributed by atoms with Crippen molar-refractivity contribution in [3.05, 3.63) is 34.6 Å². The third kappa shape index (κ3) is 2.30. The Kier molecular flexibility index (Phi) is 3.51. The van der Waals surface area contributed by atoms with Crippen LogP contribution >= 0.6 is 0 Å². The quantitative estimate of drug-likeness (QED) is 0.832. The Morgan fingerprint density at radius 2 is 1.74 bits per heavy atom. The molecule has 0 aliphatic heterocycles. The first-order valence-electron chi connectivity index (χ1n) is 6.66. The van der Waals surface area contributed by atoms with Crippen molar-refractivity contribution in [2.45, 2.75) is 40.5 Å². The van der Waals surface area contributed by atoms with Crippen molar-refractivity contribution in [3.63, 3.8) is 0 Å². The largest absolute Gasteiger partial charge is 0.382 e. The van der Waals surface area contributed by atoms with E-state index in [4.69, 9.17) is 11.6 Å². The topological polar surface area (TPSA) is 69.9 Å². The van der Waals surface area contributed by atoms with Crippen molar-refractivity contribution in [1.82, 2.24) is 9.66 Å². The zero-order chi connectivity index (χ0) is 14.2. The minimum atomic E-state index is 0.537. The SMILES string of the molecule is CCCc1nc(-c2cc(C)c(C)cc2C)c(N)n1N. The minimum absolute atomic E-state index is 0.537. The average molecular weight is 258 g/mol. The van der Waals surface area contributed by atoms with Crippen LogP contribution in [0.25, 0.3) is 11.3 Å². The van der Waals surface area contributed by atoms with Crippen molar-refractivity contribution in [2.24, 2.45) is 0 Å². The molecule has 0 fully saturated rings. The Morgan fingerprint density at radius 3 is 2.37 bits per heavy atom. The van der Waals surface area contributed by atoms with Gasteiger partial charge in [-0.15, -0.1) is 0 Å². The summed E-state index contributed by atoms with van der Waals surface area (Å²) in [5, 5.41) is 0. The van der Waals surface area contributed by atoms with Crippen LogP contribution in [0.3, 0.4) is 0 Å². The van der Waals surface area contributed by atoms with Gasteiger partial charge >= 0.3 is 0 Å². The summed E-state index contributed by atoms with van der Waals surface area (Å²) in [4.78, 5) is 4.61. The molecule has 0 saturated carbocycles. The average Bonchev–Trinajstić information content (AvgIpc) is 2.63. The van der Waals surface area contributed by atoms with E-state index in [0.29, 0.717) is 5.82 Å². The summed E-state index contributed by atoms with van der Waals surface area (Å²) < 4.78 is 1.51. The number of hydrogen-bond donors (Lipinski definition) is 2. The van der Waals surface area contributed by atoms with Crippen molar-refractivity contribution < 1.29 is 0 Å². The smallest absolute Gasteiger partial charge is 0.150 e. The van der Waals surface area contributed by atoms with Crippen LogP contribution in [0.5, 0.6) is 0 Å². The van der Waals surface area contributed by atoms with E-state index in [9.17, 15) is 0 Å². The molecule has 4 heteroatoms. The highest BCUT2D eigenvalue weighted by molar-refractivity contribution is 5.74. The van der Waals surface area contributed by atoms with E-state index in [1.807, 2.05) is 0 Å². The number of hydrogen-bond acceptors (Lipinski definition) is 3. The minimum Gasteiger partial charge on any atom is -0.382 e. The summed E-state index contributed by atoms with van der Waals surface area (Å²) in [7, 11) is 0. The predicted molar refractivity (Wildman–Crippen MR) is 80.4 cm³/mol. The number of aromatic nitrogens is 2. The van der Waals surface area contributed by atoms with Crippen molar-refractivity contribution in [3.8, 4) is 11.3 Å². The van der Waals surface area contributed by atoms with Gasteiger partial charge in [-0.2, -0.15) is 0 Å². The van der Waals surface area contributed by atoms with Gasteiger partial charge in [0.25, 0.3) is 0 Å². The molecule has 0 unspecified atom stereocenters. The number of nitrogens with zero attached hydrogens (tertiary/aromatic N) is 2. The highest BCUT2D eigenvalue weighted by Gasteiger charge is 2.16. The molecular formula is C15H22N4. The van der Waals surface area contributed by atoms with Gasteiger partial charge in [0.2, 0.25) is 0 Å². The number of aryl methyl sites for hydroxylation is 4. The Balaban J connectivity index is 2.59. The zero-order valence-electron chi connectivity index (χ0n) is 12.1. The van der Waals surface area contributed by atoms with Crippen molar-refractivity contribution >= 4 is 5.82 Å². The van der Waals surface area contributed by atoms with Crippen LogP contribution in [0.15, 0.2) is 12.1 Å². The summed E-state index contributed by atoms with van der Waals surface area (Å²) >= 11 is 0. The van der Waals surface area contributed by atoms with Gasteiger partial charge in [0.1, 0.15) is 11.5 Å². The number of nitrogens with two attached hydrogens (primary N) is 2. The maximum Gasteiger partial charge on any atom is 0.150 e. The molecule has 0 aliphatic rings. The van der Waals surface area contributed by atoms with Gasteiger partial charge < -0.3 is 11.6 Å². The van der Waals surface area contributed by atoms with E-state index in [1.165, 1.54) is 21.4 Å². The first-order chi connectivity index (χ1) is 8.95. The Hall–Kier alpha value is -1.97. The first-order valence-corrected chi connectivity index (χ1v) is 6.66. The molecule has 0 spiro atoms. The van der Waals surface area contributed by atoms with Crippen LogP contribution in [0.2, 0.25) is 0 Å². The molecule has 4 nitrogen and oxygen atoms in total. The molecule has 2 rings (SSSR count). The van der Waals surface area contributed by atoms with Crippen LogP contribution in [0.1, 0.15) is 35.9 Å². The summed E-state index contributed by atoms with van der Waals surface area (Å²) in [5.41, 5.74) is 11.7. The van der Waals surface area contributed by atoms with Crippen molar-refractivity contribution in [1.29, 1.82) is 0 Å². The Bertz CT molecular complexity index is 611. The first kappa shape index (κ1) is 13.5. The van der Waals surface area contributed by atoms with E-state index in [-0.39, 0.29) is 0 Å². The lowest BCUT2D eigenvalue weighted by molar-refractivity contribution is 0.794. The van der Waals surface area contributed by atoms with E-state index in [0.717, 1.165) is 29.9 Å². The molecule has 0 radical (unpaired) electrons. The molecule has 102 valence electrons. The molecule has 0 aliphatic carbocycles. The Morgan fingerprint density at radius 1 is 1.11 bits per heavy atom. The molecule has 4 N–H and O–H groups in total. The number of benzene rings is 1. The molecule has 1 aromatic carbocycles. The maximum atomic E-state index is 6.10. The van der Waals surface area contributed by atoms with Gasteiger partial charge in [0, 0.05) is 12.0 Å². The highest BCUT2D eigenvalue weighted by atomic mass is 15.4. The second kappa shape index (κ2) is 4.96. The normalized spacial score (nSPS) is 10.9. The van der Waals surface area contributed by atoms with Gasteiger partial charge in [0.15, 0.2) is 5.82 Å². The molecule has 0 atom stereocenters. The lowest BCUT2D eigenvalue weighted by Crippen LogP contribution is -2.15. The summed E-state index contributed by atoms with van der Waals surface area (Å²) in [6.07, 6.45) is 1.84.